The number of nitrogens with two attached hydrogens (primary N) is 1. The number of anilines is 1. The molecule has 2 rings (SSSR count). The molecule has 2 aromatic rings. The van der Waals surface area contributed by atoms with Crippen LogP contribution in [0, 0.1) is 13.8 Å². The SMILES string of the molecule is COc1cc(C)c(C(=O)c2ccc(N)cc2Cl)c(C)c1. The summed E-state index contributed by atoms with van der Waals surface area (Å²) < 4.78 is 5.20. The summed E-state index contributed by atoms with van der Waals surface area (Å²) in [7, 11) is 1.60. The third-order valence-electron chi connectivity index (χ3n) is 3.21. The highest BCUT2D eigenvalue weighted by molar-refractivity contribution is 6.35. The number of carbonyl (C=O) groups excluding carboxylic acids is 1. The van der Waals surface area contributed by atoms with Crippen LogP contribution in [-0.4, -0.2) is 12.9 Å². The van der Waals surface area contributed by atoms with Crippen molar-refractivity contribution in [1.82, 2.24) is 0 Å². The third-order valence-corrected chi connectivity index (χ3v) is 3.52. The van der Waals surface area contributed by atoms with Gasteiger partial charge in [-0.25, -0.2) is 0 Å². The van der Waals surface area contributed by atoms with E-state index >= 15 is 0 Å². The fourth-order valence-corrected chi connectivity index (χ4v) is 2.52. The number of ketones is 1. The Hall–Kier alpha value is -2.00. The molecule has 0 unspecified atom stereocenters. The van der Waals surface area contributed by atoms with Gasteiger partial charge in [-0.3, -0.25) is 4.79 Å². The van der Waals surface area contributed by atoms with Crippen LogP contribution in [0.15, 0.2) is 30.3 Å². The Morgan fingerprint density at radius 2 is 1.75 bits per heavy atom. The van der Waals surface area contributed by atoms with Gasteiger partial charge in [-0.15, -0.1) is 0 Å². The molecule has 104 valence electrons. The van der Waals surface area contributed by atoms with E-state index in [-0.39, 0.29) is 5.78 Å². The Morgan fingerprint density at radius 3 is 2.25 bits per heavy atom. The zero-order valence-electron chi connectivity index (χ0n) is 11.7. The number of aryl methyl sites for hydroxylation is 2. The van der Waals surface area contributed by atoms with Crippen LogP contribution in [0.2, 0.25) is 5.02 Å². The first-order valence-electron chi connectivity index (χ1n) is 6.19. The normalized spacial score (nSPS) is 10.4. The number of nitrogen functional groups attached to an aromatic ring is 1. The standard InChI is InChI=1S/C16H16ClNO2/c1-9-6-12(20-3)7-10(2)15(9)16(19)13-5-4-11(18)8-14(13)17/h4-8H,18H2,1-3H3. The average molecular weight is 290 g/mol. The zero-order valence-corrected chi connectivity index (χ0v) is 12.4. The molecule has 0 heterocycles. The molecule has 0 saturated carbocycles. The van der Waals surface area contributed by atoms with E-state index in [2.05, 4.69) is 0 Å². The molecule has 3 nitrogen and oxygen atoms in total. The van der Waals surface area contributed by atoms with Gasteiger partial charge in [0, 0.05) is 16.8 Å². The first-order chi connectivity index (χ1) is 9.43. The van der Waals surface area contributed by atoms with E-state index in [9.17, 15) is 4.79 Å². The predicted octanol–water partition coefficient (Wildman–Crippen LogP) is 3.78. The first-order valence-corrected chi connectivity index (χ1v) is 6.56. The average Bonchev–Trinajstić information content (AvgIpc) is 2.37. The van der Waals surface area contributed by atoms with Crippen molar-refractivity contribution in [2.24, 2.45) is 0 Å². The van der Waals surface area contributed by atoms with Gasteiger partial charge in [-0.05, 0) is 55.3 Å². The van der Waals surface area contributed by atoms with Gasteiger partial charge in [0.15, 0.2) is 5.78 Å². The Balaban J connectivity index is 2.54. The number of hydrogen-bond donors (Lipinski definition) is 1. The fourth-order valence-electron chi connectivity index (χ4n) is 2.25. The first kappa shape index (κ1) is 14.4. The van der Waals surface area contributed by atoms with Gasteiger partial charge in [0.25, 0.3) is 0 Å². The van der Waals surface area contributed by atoms with E-state index in [0.717, 1.165) is 16.9 Å². The molecule has 2 aromatic carbocycles. The number of methoxy groups -OCH3 is 1. The molecule has 0 spiro atoms. The summed E-state index contributed by atoms with van der Waals surface area (Å²) in [6.07, 6.45) is 0. The quantitative estimate of drug-likeness (QED) is 0.691. The highest BCUT2D eigenvalue weighted by Crippen LogP contribution is 2.27. The molecule has 0 amide bonds. The number of ether oxygens (including phenoxy) is 1. The van der Waals surface area contributed by atoms with Crippen LogP contribution in [0.25, 0.3) is 0 Å². The van der Waals surface area contributed by atoms with Crippen molar-refractivity contribution in [2.45, 2.75) is 13.8 Å². The van der Waals surface area contributed by atoms with Crippen molar-refractivity contribution in [1.29, 1.82) is 0 Å². The van der Waals surface area contributed by atoms with E-state index in [4.69, 9.17) is 22.1 Å². The molecular formula is C16H16ClNO2. The van der Waals surface area contributed by atoms with E-state index in [1.54, 1.807) is 25.3 Å². The summed E-state index contributed by atoms with van der Waals surface area (Å²) in [6.45, 7) is 3.77. The second kappa shape index (κ2) is 5.55. The molecule has 4 heteroatoms. The van der Waals surface area contributed by atoms with Crippen LogP contribution in [-0.2, 0) is 0 Å². The van der Waals surface area contributed by atoms with Gasteiger partial charge in [0.2, 0.25) is 0 Å². The van der Waals surface area contributed by atoms with Crippen LogP contribution in [0.4, 0.5) is 5.69 Å². The van der Waals surface area contributed by atoms with Crippen molar-refractivity contribution >= 4 is 23.1 Å². The van der Waals surface area contributed by atoms with Crippen LogP contribution in [0.5, 0.6) is 5.75 Å². The van der Waals surface area contributed by atoms with E-state index < -0.39 is 0 Å². The summed E-state index contributed by atoms with van der Waals surface area (Å²) >= 11 is 6.11. The lowest BCUT2D eigenvalue weighted by Crippen LogP contribution is -2.07. The third kappa shape index (κ3) is 2.63. The number of carbonyl (C=O) groups is 1. The van der Waals surface area contributed by atoms with Gasteiger partial charge in [0.1, 0.15) is 5.75 Å². The van der Waals surface area contributed by atoms with Gasteiger partial charge >= 0.3 is 0 Å². The molecule has 0 saturated heterocycles. The fraction of sp³-hybridized carbons (Fsp3) is 0.188. The van der Waals surface area contributed by atoms with E-state index in [1.807, 2.05) is 26.0 Å². The monoisotopic (exact) mass is 289 g/mol. The Morgan fingerprint density at radius 1 is 1.15 bits per heavy atom. The van der Waals surface area contributed by atoms with Crippen molar-refractivity contribution in [3.05, 3.63) is 57.6 Å². The minimum atomic E-state index is -0.104. The molecule has 0 aromatic heterocycles. The number of hydrogen-bond acceptors (Lipinski definition) is 3. The maximum atomic E-state index is 12.7. The number of rotatable bonds is 3. The summed E-state index contributed by atoms with van der Waals surface area (Å²) in [5, 5.41) is 0.365. The van der Waals surface area contributed by atoms with Crippen LogP contribution < -0.4 is 10.5 Å². The molecule has 20 heavy (non-hydrogen) atoms. The van der Waals surface area contributed by atoms with Crippen molar-refractivity contribution < 1.29 is 9.53 Å². The number of halogens is 1. The summed E-state index contributed by atoms with van der Waals surface area (Å²) in [6, 6.07) is 8.59. The molecule has 0 bridgehead atoms. The summed E-state index contributed by atoms with van der Waals surface area (Å²) in [5.41, 5.74) is 9.02. The summed E-state index contributed by atoms with van der Waals surface area (Å²) in [5.74, 6) is 0.632. The molecule has 0 aliphatic carbocycles. The lowest BCUT2D eigenvalue weighted by molar-refractivity contribution is 0.103. The predicted molar refractivity (Wildman–Crippen MR) is 81.8 cm³/mol. The van der Waals surface area contributed by atoms with Crippen molar-refractivity contribution in [3.63, 3.8) is 0 Å². The van der Waals surface area contributed by atoms with Crippen LogP contribution in [0.3, 0.4) is 0 Å². The lowest BCUT2D eigenvalue weighted by Gasteiger charge is -2.12. The summed E-state index contributed by atoms with van der Waals surface area (Å²) in [4.78, 5) is 12.7. The zero-order chi connectivity index (χ0) is 14.9. The molecule has 0 atom stereocenters. The second-order valence-electron chi connectivity index (χ2n) is 4.70. The van der Waals surface area contributed by atoms with E-state index in [0.29, 0.717) is 21.8 Å². The molecule has 2 N–H and O–H groups in total. The molecule has 0 aliphatic heterocycles. The van der Waals surface area contributed by atoms with Crippen LogP contribution in [0.1, 0.15) is 27.0 Å². The Bertz CT molecular complexity index is 657. The van der Waals surface area contributed by atoms with Crippen LogP contribution >= 0.6 is 11.6 Å². The molecule has 0 radical (unpaired) electrons. The highest BCUT2D eigenvalue weighted by atomic mass is 35.5. The van der Waals surface area contributed by atoms with Gasteiger partial charge < -0.3 is 10.5 Å². The maximum Gasteiger partial charge on any atom is 0.195 e. The number of benzene rings is 2. The maximum absolute atomic E-state index is 12.7. The molecular weight excluding hydrogens is 274 g/mol. The lowest BCUT2D eigenvalue weighted by atomic mass is 9.94. The molecule has 0 fully saturated rings. The minimum absolute atomic E-state index is 0.104. The topological polar surface area (TPSA) is 52.3 Å². The van der Waals surface area contributed by atoms with Gasteiger partial charge in [0.05, 0.1) is 12.1 Å². The Kier molecular flexibility index (Phi) is 4.00. The van der Waals surface area contributed by atoms with Gasteiger partial charge in [-0.1, -0.05) is 11.6 Å². The van der Waals surface area contributed by atoms with Gasteiger partial charge in [-0.2, -0.15) is 0 Å². The highest BCUT2D eigenvalue weighted by Gasteiger charge is 2.18. The largest absolute Gasteiger partial charge is 0.497 e. The smallest absolute Gasteiger partial charge is 0.195 e. The molecule has 0 aliphatic rings. The Labute approximate surface area is 123 Å². The minimum Gasteiger partial charge on any atom is -0.497 e. The van der Waals surface area contributed by atoms with E-state index in [1.165, 1.54) is 0 Å². The second-order valence-corrected chi connectivity index (χ2v) is 5.11. The van der Waals surface area contributed by atoms with Crippen molar-refractivity contribution in [3.8, 4) is 5.75 Å². The van der Waals surface area contributed by atoms with Crippen molar-refractivity contribution in [2.75, 3.05) is 12.8 Å².